The predicted octanol–water partition coefficient (Wildman–Crippen LogP) is 2.21. The number of nitrogens with zero attached hydrogens (tertiary/aromatic N) is 1. The van der Waals surface area contributed by atoms with Gasteiger partial charge in [0, 0.05) is 21.8 Å². The highest BCUT2D eigenvalue weighted by Crippen LogP contribution is 2.28. The molecule has 4 heteroatoms. The Bertz CT molecular complexity index is 292. The van der Waals surface area contributed by atoms with Crippen LogP contribution in [-0.4, -0.2) is 18.1 Å². The molecule has 1 aromatic rings. The van der Waals surface area contributed by atoms with Crippen LogP contribution in [0.1, 0.15) is 30.2 Å². The zero-order valence-corrected chi connectivity index (χ0v) is 9.23. The topological polar surface area (TPSA) is 38.1 Å². The Morgan fingerprint density at radius 3 is 2.69 bits per heavy atom. The van der Waals surface area contributed by atoms with E-state index in [1.807, 2.05) is 6.92 Å². The van der Waals surface area contributed by atoms with Crippen LogP contribution in [-0.2, 0) is 0 Å². The van der Waals surface area contributed by atoms with Crippen molar-refractivity contribution in [3.05, 3.63) is 16.3 Å². The lowest BCUT2D eigenvalue weighted by Crippen LogP contribution is -2.27. The van der Waals surface area contributed by atoms with E-state index in [4.69, 9.17) is 4.42 Å². The van der Waals surface area contributed by atoms with Crippen molar-refractivity contribution in [2.24, 2.45) is 0 Å². The SMILES string of the molecule is Cc1oc(Br)nc1C1CCNCC1. The maximum atomic E-state index is 5.35. The Morgan fingerprint density at radius 2 is 2.15 bits per heavy atom. The Balaban J connectivity index is 2.18. The molecule has 1 aliphatic heterocycles. The number of aryl methyl sites for hydroxylation is 1. The lowest BCUT2D eigenvalue weighted by atomic mass is 9.94. The lowest BCUT2D eigenvalue weighted by Gasteiger charge is -2.20. The summed E-state index contributed by atoms with van der Waals surface area (Å²) in [6, 6.07) is 0. The van der Waals surface area contributed by atoms with Gasteiger partial charge < -0.3 is 9.73 Å². The summed E-state index contributed by atoms with van der Waals surface area (Å²) in [5, 5.41) is 3.34. The van der Waals surface area contributed by atoms with Gasteiger partial charge in [0.2, 0.25) is 0 Å². The van der Waals surface area contributed by atoms with Crippen LogP contribution in [0.25, 0.3) is 0 Å². The summed E-state index contributed by atoms with van der Waals surface area (Å²) in [4.78, 5) is 4.97. The zero-order valence-electron chi connectivity index (χ0n) is 7.64. The zero-order chi connectivity index (χ0) is 9.26. The highest BCUT2D eigenvalue weighted by Gasteiger charge is 2.21. The smallest absolute Gasteiger partial charge is 0.264 e. The van der Waals surface area contributed by atoms with Gasteiger partial charge in [0.25, 0.3) is 4.80 Å². The second kappa shape index (κ2) is 3.80. The molecular weight excluding hydrogens is 232 g/mol. The molecule has 2 rings (SSSR count). The largest absolute Gasteiger partial charge is 0.436 e. The number of oxazole rings is 1. The quantitative estimate of drug-likeness (QED) is 0.824. The van der Waals surface area contributed by atoms with E-state index in [0.29, 0.717) is 10.7 Å². The standard InChI is InChI=1S/C9H13BrN2O/c1-6-8(12-9(10)13-6)7-2-4-11-5-3-7/h7,11H,2-5H2,1H3. The maximum absolute atomic E-state index is 5.35. The monoisotopic (exact) mass is 244 g/mol. The molecule has 0 radical (unpaired) electrons. The third-order valence-corrected chi connectivity index (χ3v) is 2.87. The van der Waals surface area contributed by atoms with Crippen LogP contribution in [0.2, 0.25) is 0 Å². The fourth-order valence-corrected chi connectivity index (χ4v) is 2.28. The molecule has 0 spiro atoms. The number of hydrogen-bond donors (Lipinski definition) is 1. The molecule has 0 amide bonds. The van der Waals surface area contributed by atoms with E-state index in [1.54, 1.807) is 0 Å². The second-order valence-corrected chi connectivity index (χ2v) is 4.11. The maximum Gasteiger partial charge on any atom is 0.264 e. The summed E-state index contributed by atoms with van der Waals surface area (Å²) >= 11 is 3.26. The van der Waals surface area contributed by atoms with Gasteiger partial charge in [-0.1, -0.05) is 0 Å². The van der Waals surface area contributed by atoms with Crippen LogP contribution in [0.3, 0.4) is 0 Å². The first-order chi connectivity index (χ1) is 6.27. The van der Waals surface area contributed by atoms with Crippen LogP contribution in [0.15, 0.2) is 9.22 Å². The molecule has 3 nitrogen and oxygen atoms in total. The van der Waals surface area contributed by atoms with E-state index in [-0.39, 0.29) is 0 Å². The lowest BCUT2D eigenvalue weighted by molar-refractivity contribution is 0.445. The average molecular weight is 245 g/mol. The summed E-state index contributed by atoms with van der Waals surface area (Å²) in [6.45, 7) is 4.16. The van der Waals surface area contributed by atoms with Crippen molar-refractivity contribution in [1.29, 1.82) is 0 Å². The first-order valence-electron chi connectivity index (χ1n) is 4.61. The molecule has 1 saturated heterocycles. The van der Waals surface area contributed by atoms with Crippen molar-refractivity contribution in [3.63, 3.8) is 0 Å². The van der Waals surface area contributed by atoms with Gasteiger partial charge in [0.05, 0.1) is 5.69 Å². The predicted molar refractivity (Wildman–Crippen MR) is 53.8 cm³/mol. The van der Waals surface area contributed by atoms with Crippen molar-refractivity contribution >= 4 is 15.9 Å². The molecule has 0 aliphatic carbocycles. The fourth-order valence-electron chi connectivity index (χ4n) is 1.85. The van der Waals surface area contributed by atoms with Crippen LogP contribution < -0.4 is 5.32 Å². The molecule has 0 unspecified atom stereocenters. The minimum absolute atomic E-state index is 0.580. The third kappa shape index (κ3) is 1.94. The van der Waals surface area contributed by atoms with Gasteiger partial charge in [0.1, 0.15) is 5.76 Å². The molecule has 0 bridgehead atoms. The van der Waals surface area contributed by atoms with Crippen molar-refractivity contribution in [3.8, 4) is 0 Å². The Morgan fingerprint density at radius 1 is 1.46 bits per heavy atom. The number of rotatable bonds is 1. The molecule has 0 saturated carbocycles. The molecule has 1 fully saturated rings. The number of nitrogens with one attached hydrogen (secondary N) is 1. The highest BCUT2D eigenvalue weighted by molar-refractivity contribution is 9.10. The number of aromatic nitrogens is 1. The molecule has 0 aromatic carbocycles. The van der Waals surface area contributed by atoms with E-state index in [0.717, 1.165) is 24.5 Å². The summed E-state index contributed by atoms with van der Waals surface area (Å²) in [5.41, 5.74) is 1.13. The number of hydrogen-bond acceptors (Lipinski definition) is 3. The molecule has 2 heterocycles. The highest BCUT2D eigenvalue weighted by atomic mass is 79.9. The van der Waals surface area contributed by atoms with Gasteiger partial charge in [-0.3, -0.25) is 0 Å². The van der Waals surface area contributed by atoms with Crippen molar-refractivity contribution < 1.29 is 4.42 Å². The molecule has 1 aromatic heterocycles. The Kier molecular flexibility index (Phi) is 2.69. The number of piperidine rings is 1. The minimum atomic E-state index is 0.580. The van der Waals surface area contributed by atoms with Crippen LogP contribution in [0.4, 0.5) is 0 Å². The van der Waals surface area contributed by atoms with E-state index in [1.165, 1.54) is 12.8 Å². The summed E-state index contributed by atoms with van der Waals surface area (Å²) < 4.78 is 5.35. The molecular formula is C9H13BrN2O. The Hall–Kier alpha value is -0.350. The van der Waals surface area contributed by atoms with E-state index < -0.39 is 0 Å². The summed E-state index contributed by atoms with van der Waals surface area (Å²) in [7, 11) is 0. The molecule has 0 atom stereocenters. The van der Waals surface area contributed by atoms with Gasteiger partial charge in [0.15, 0.2) is 0 Å². The van der Waals surface area contributed by atoms with Crippen molar-refractivity contribution in [1.82, 2.24) is 10.3 Å². The minimum Gasteiger partial charge on any atom is -0.436 e. The van der Waals surface area contributed by atoms with Gasteiger partial charge in [-0.05, 0) is 32.9 Å². The van der Waals surface area contributed by atoms with Crippen molar-refractivity contribution in [2.75, 3.05) is 13.1 Å². The van der Waals surface area contributed by atoms with Crippen LogP contribution in [0, 0.1) is 6.92 Å². The fraction of sp³-hybridized carbons (Fsp3) is 0.667. The van der Waals surface area contributed by atoms with Gasteiger partial charge >= 0.3 is 0 Å². The van der Waals surface area contributed by atoms with E-state index in [9.17, 15) is 0 Å². The Labute approximate surface area is 86.0 Å². The first kappa shape index (κ1) is 9.21. The second-order valence-electron chi connectivity index (χ2n) is 3.43. The van der Waals surface area contributed by atoms with Gasteiger partial charge in [-0.2, -0.15) is 0 Å². The van der Waals surface area contributed by atoms with Crippen LogP contribution >= 0.6 is 15.9 Å². The third-order valence-electron chi connectivity index (χ3n) is 2.53. The van der Waals surface area contributed by atoms with Crippen molar-refractivity contribution in [2.45, 2.75) is 25.7 Å². The van der Waals surface area contributed by atoms with E-state index >= 15 is 0 Å². The average Bonchev–Trinajstić information content (AvgIpc) is 2.47. The normalized spacial score (nSPS) is 19.2. The summed E-state index contributed by atoms with van der Waals surface area (Å²) in [6.07, 6.45) is 2.33. The van der Waals surface area contributed by atoms with E-state index in [2.05, 4.69) is 26.2 Å². The van der Waals surface area contributed by atoms with Gasteiger partial charge in [-0.25, -0.2) is 4.98 Å². The number of halogens is 1. The first-order valence-corrected chi connectivity index (χ1v) is 5.40. The summed E-state index contributed by atoms with van der Waals surface area (Å²) in [5.74, 6) is 1.54. The van der Waals surface area contributed by atoms with Gasteiger partial charge in [-0.15, -0.1) is 0 Å². The molecule has 13 heavy (non-hydrogen) atoms. The molecule has 72 valence electrons. The molecule has 1 aliphatic rings. The van der Waals surface area contributed by atoms with Crippen LogP contribution in [0.5, 0.6) is 0 Å². The molecule has 1 N–H and O–H groups in total.